The predicted molar refractivity (Wildman–Crippen MR) is 45.4 cm³/mol. The lowest BCUT2D eigenvalue weighted by Gasteiger charge is -2.07. The standard InChI is InChI=1S/C9H12N2O/c1-7-2-3-8(6-10-7)9-4-5-12-11-9/h2-3,6,9,11H,4-5H2,1H3. The van der Waals surface area contributed by atoms with Gasteiger partial charge in [-0.15, -0.1) is 0 Å². The van der Waals surface area contributed by atoms with E-state index in [0.717, 1.165) is 18.7 Å². The third-order valence-corrected chi connectivity index (χ3v) is 2.07. The second-order valence-corrected chi connectivity index (χ2v) is 3.04. The fraction of sp³-hybridized carbons (Fsp3) is 0.444. The maximum atomic E-state index is 5.06. The Kier molecular flexibility index (Phi) is 2.06. The minimum atomic E-state index is 0.332. The summed E-state index contributed by atoms with van der Waals surface area (Å²) < 4.78 is 0. The summed E-state index contributed by atoms with van der Waals surface area (Å²) in [7, 11) is 0. The zero-order valence-electron chi connectivity index (χ0n) is 7.08. The highest BCUT2D eigenvalue weighted by molar-refractivity contribution is 5.17. The number of aryl methyl sites for hydroxylation is 1. The Morgan fingerprint density at radius 2 is 2.50 bits per heavy atom. The van der Waals surface area contributed by atoms with Gasteiger partial charge >= 0.3 is 0 Å². The van der Waals surface area contributed by atoms with Crippen molar-refractivity contribution >= 4 is 0 Å². The van der Waals surface area contributed by atoms with Gasteiger partial charge in [-0.2, -0.15) is 5.48 Å². The monoisotopic (exact) mass is 164 g/mol. The molecule has 1 saturated heterocycles. The molecule has 0 bridgehead atoms. The van der Waals surface area contributed by atoms with Gasteiger partial charge in [-0.05, 0) is 25.0 Å². The quantitative estimate of drug-likeness (QED) is 0.680. The van der Waals surface area contributed by atoms with E-state index in [2.05, 4.69) is 16.5 Å². The van der Waals surface area contributed by atoms with Crippen LogP contribution in [0.15, 0.2) is 18.3 Å². The van der Waals surface area contributed by atoms with Gasteiger partial charge in [0, 0.05) is 11.9 Å². The van der Waals surface area contributed by atoms with Crippen molar-refractivity contribution in [2.75, 3.05) is 6.61 Å². The van der Waals surface area contributed by atoms with Crippen LogP contribution < -0.4 is 5.48 Å². The lowest BCUT2D eigenvalue weighted by Crippen LogP contribution is -2.11. The zero-order valence-corrected chi connectivity index (χ0v) is 7.08. The second kappa shape index (κ2) is 3.21. The van der Waals surface area contributed by atoms with Crippen LogP contribution in [0.3, 0.4) is 0 Å². The highest BCUT2D eigenvalue weighted by Gasteiger charge is 2.16. The van der Waals surface area contributed by atoms with Crippen molar-refractivity contribution in [3.8, 4) is 0 Å². The molecule has 2 rings (SSSR count). The maximum absolute atomic E-state index is 5.06. The normalized spacial score (nSPS) is 22.9. The van der Waals surface area contributed by atoms with Gasteiger partial charge in [0.2, 0.25) is 0 Å². The van der Waals surface area contributed by atoms with E-state index in [1.807, 2.05) is 19.2 Å². The van der Waals surface area contributed by atoms with Crippen molar-refractivity contribution in [3.05, 3.63) is 29.6 Å². The third kappa shape index (κ3) is 1.47. The molecule has 1 aromatic rings. The van der Waals surface area contributed by atoms with E-state index in [4.69, 9.17) is 4.84 Å². The van der Waals surface area contributed by atoms with E-state index in [-0.39, 0.29) is 0 Å². The Bertz CT molecular complexity index is 252. The van der Waals surface area contributed by atoms with Crippen molar-refractivity contribution in [1.29, 1.82) is 0 Å². The van der Waals surface area contributed by atoms with Gasteiger partial charge in [-0.1, -0.05) is 6.07 Å². The molecule has 1 aliphatic rings. The molecule has 0 spiro atoms. The van der Waals surface area contributed by atoms with Crippen molar-refractivity contribution in [1.82, 2.24) is 10.5 Å². The van der Waals surface area contributed by atoms with Crippen LogP contribution in [0.2, 0.25) is 0 Å². The minimum absolute atomic E-state index is 0.332. The van der Waals surface area contributed by atoms with Gasteiger partial charge < -0.3 is 4.84 Å². The number of aromatic nitrogens is 1. The summed E-state index contributed by atoms with van der Waals surface area (Å²) in [6, 6.07) is 4.45. The fourth-order valence-corrected chi connectivity index (χ4v) is 1.32. The lowest BCUT2D eigenvalue weighted by atomic mass is 10.1. The molecule has 1 aliphatic heterocycles. The molecule has 3 nitrogen and oxygen atoms in total. The van der Waals surface area contributed by atoms with E-state index in [1.165, 1.54) is 5.56 Å². The summed E-state index contributed by atoms with van der Waals surface area (Å²) in [6.45, 7) is 2.78. The smallest absolute Gasteiger partial charge is 0.0701 e. The fourth-order valence-electron chi connectivity index (χ4n) is 1.32. The van der Waals surface area contributed by atoms with Gasteiger partial charge in [-0.3, -0.25) is 4.98 Å². The lowest BCUT2D eigenvalue weighted by molar-refractivity contribution is 0.0882. The van der Waals surface area contributed by atoms with E-state index >= 15 is 0 Å². The number of hydrogen-bond donors (Lipinski definition) is 1. The molecule has 12 heavy (non-hydrogen) atoms. The van der Waals surface area contributed by atoms with Crippen LogP contribution in [0.4, 0.5) is 0 Å². The van der Waals surface area contributed by atoms with E-state index < -0.39 is 0 Å². The Balaban J connectivity index is 2.17. The first-order valence-electron chi connectivity index (χ1n) is 4.16. The molecule has 64 valence electrons. The largest absolute Gasteiger partial charge is 0.301 e. The summed E-state index contributed by atoms with van der Waals surface area (Å²) in [4.78, 5) is 9.29. The second-order valence-electron chi connectivity index (χ2n) is 3.04. The van der Waals surface area contributed by atoms with E-state index in [0.29, 0.717) is 6.04 Å². The molecule has 0 aromatic carbocycles. The SMILES string of the molecule is Cc1ccc(C2CCON2)cn1. The Morgan fingerprint density at radius 1 is 1.58 bits per heavy atom. The minimum Gasteiger partial charge on any atom is -0.301 e. The molecule has 0 amide bonds. The predicted octanol–water partition coefficient (Wildman–Crippen LogP) is 1.36. The Labute approximate surface area is 71.7 Å². The molecule has 1 fully saturated rings. The van der Waals surface area contributed by atoms with Crippen LogP contribution in [0.1, 0.15) is 23.7 Å². The number of nitrogens with zero attached hydrogens (tertiary/aromatic N) is 1. The van der Waals surface area contributed by atoms with E-state index in [1.54, 1.807) is 0 Å². The summed E-state index contributed by atoms with van der Waals surface area (Å²) in [6.07, 6.45) is 2.94. The van der Waals surface area contributed by atoms with Crippen LogP contribution in [-0.2, 0) is 4.84 Å². The van der Waals surface area contributed by atoms with Crippen molar-refractivity contribution in [2.24, 2.45) is 0 Å². The number of rotatable bonds is 1. The molecule has 0 radical (unpaired) electrons. The van der Waals surface area contributed by atoms with Crippen LogP contribution in [-0.4, -0.2) is 11.6 Å². The topological polar surface area (TPSA) is 34.1 Å². The summed E-state index contributed by atoms with van der Waals surface area (Å²) in [5.41, 5.74) is 5.21. The maximum Gasteiger partial charge on any atom is 0.0701 e. The van der Waals surface area contributed by atoms with Gasteiger partial charge in [0.05, 0.1) is 12.6 Å². The van der Waals surface area contributed by atoms with Gasteiger partial charge in [0.15, 0.2) is 0 Å². The highest BCUT2D eigenvalue weighted by atomic mass is 16.7. The average molecular weight is 164 g/mol. The first-order valence-corrected chi connectivity index (χ1v) is 4.16. The number of pyridine rings is 1. The summed E-state index contributed by atoms with van der Waals surface area (Å²) in [5.74, 6) is 0. The van der Waals surface area contributed by atoms with Crippen molar-refractivity contribution in [3.63, 3.8) is 0 Å². The molecule has 1 N–H and O–H groups in total. The van der Waals surface area contributed by atoms with Gasteiger partial charge in [-0.25, -0.2) is 0 Å². The zero-order chi connectivity index (χ0) is 8.39. The number of hydrogen-bond acceptors (Lipinski definition) is 3. The van der Waals surface area contributed by atoms with Gasteiger partial charge in [0.25, 0.3) is 0 Å². The van der Waals surface area contributed by atoms with Crippen molar-refractivity contribution in [2.45, 2.75) is 19.4 Å². The number of hydroxylamine groups is 1. The van der Waals surface area contributed by atoms with Gasteiger partial charge in [0.1, 0.15) is 0 Å². The van der Waals surface area contributed by atoms with E-state index in [9.17, 15) is 0 Å². The average Bonchev–Trinajstić information content (AvgIpc) is 2.58. The van der Waals surface area contributed by atoms with Crippen LogP contribution in [0.25, 0.3) is 0 Å². The first kappa shape index (κ1) is 7.71. The molecular weight excluding hydrogens is 152 g/mol. The molecule has 0 aliphatic carbocycles. The molecule has 0 saturated carbocycles. The number of nitrogens with one attached hydrogen (secondary N) is 1. The molecule has 1 atom stereocenters. The Morgan fingerprint density at radius 3 is 3.08 bits per heavy atom. The molecule has 2 heterocycles. The summed E-state index contributed by atoms with van der Waals surface area (Å²) in [5, 5.41) is 0. The molecule has 1 aromatic heterocycles. The summed E-state index contributed by atoms with van der Waals surface area (Å²) >= 11 is 0. The third-order valence-electron chi connectivity index (χ3n) is 2.07. The molecule has 3 heteroatoms. The van der Waals surface area contributed by atoms with Crippen LogP contribution in [0.5, 0.6) is 0 Å². The molecular formula is C9H12N2O. The highest BCUT2D eigenvalue weighted by Crippen LogP contribution is 2.19. The van der Waals surface area contributed by atoms with Crippen LogP contribution in [0, 0.1) is 6.92 Å². The Hall–Kier alpha value is -0.930. The van der Waals surface area contributed by atoms with Crippen molar-refractivity contribution < 1.29 is 4.84 Å². The first-order chi connectivity index (χ1) is 5.86. The molecule has 1 unspecified atom stereocenters. The van der Waals surface area contributed by atoms with Crippen LogP contribution >= 0.6 is 0 Å².